The Bertz CT molecular complexity index is 1210. The van der Waals surface area contributed by atoms with E-state index in [2.05, 4.69) is 68.6 Å². The molecule has 3 unspecified atom stereocenters. The molecular formula is C54H91NO5. The van der Waals surface area contributed by atoms with Gasteiger partial charge in [0, 0.05) is 6.42 Å². The summed E-state index contributed by atoms with van der Waals surface area (Å²) in [6, 6.07) is -0.732. The number of rotatable bonds is 42. The number of hydrogen-bond acceptors (Lipinski definition) is 5. The number of nitrogens with one attached hydrogen (secondary N) is 1. The Kier molecular flexibility index (Phi) is 44.3. The molecule has 0 aliphatic heterocycles. The fourth-order valence-corrected chi connectivity index (χ4v) is 6.87. The molecule has 0 heterocycles. The molecule has 0 aromatic carbocycles. The topological polar surface area (TPSA) is 95.9 Å². The molecule has 0 aromatic heterocycles. The van der Waals surface area contributed by atoms with Gasteiger partial charge in [-0.2, -0.15) is 0 Å². The van der Waals surface area contributed by atoms with Gasteiger partial charge in [-0.05, 0) is 64.2 Å². The smallest absolute Gasteiger partial charge is 0.306 e. The van der Waals surface area contributed by atoms with E-state index in [1.807, 2.05) is 54.7 Å². The van der Waals surface area contributed by atoms with Crippen molar-refractivity contribution in [2.24, 2.45) is 0 Å². The van der Waals surface area contributed by atoms with Gasteiger partial charge in [0.2, 0.25) is 5.91 Å². The van der Waals surface area contributed by atoms with Gasteiger partial charge in [-0.3, -0.25) is 9.59 Å². The van der Waals surface area contributed by atoms with Crippen LogP contribution in [0.4, 0.5) is 0 Å². The molecule has 0 radical (unpaired) electrons. The molecule has 6 heteroatoms. The molecule has 6 nitrogen and oxygen atoms in total. The zero-order valence-electron chi connectivity index (χ0n) is 38.8. The number of allylic oxidation sites excluding steroid dienone is 16. The third-order valence-corrected chi connectivity index (χ3v) is 10.6. The van der Waals surface area contributed by atoms with Gasteiger partial charge in [0.05, 0.1) is 25.2 Å². The van der Waals surface area contributed by atoms with Crippen LogP contribution in [-0.2, 0) is 14.3 Å². The number of unbranched alkanes of at least 4 members (excludes halogenated alkanes) is 20. The Balaban J connectivity index is 4.81. The summed E-state index contributed by atoms with van der Waals surface area (Å²) in [4.78, 5) is 26.0. The molecule has 60 heavy (non-hydrogen) atoms. The molecule has 0 spiro atoms. The van der Waals surface area contributed by atoms with Crippen molar-refractivity contribution in [3.63, 3.8) is 0 Å². The molecule has 0 bridgehead atoms. The maximum absolute atomic E-state index is 13.2. The van der Waals surface area contributed by atoms with Crippen molar-refractivity contribution in [1.82, 2.24) is 5.32 Å². The molecule has 0 aliphatic rings. The molecule has 0 rings (SSSR count). The number of amides is 1. The number of aliphatic hydroxyl groups excluding tert-OH is 2. The van der Waals surface area contributed by atoms with Crippen LogP contribution in [-0.4, -0.2) is 46.9 Å². The van der Waals surface area contributed by atoms with Crippen LogP contribution >= 0.6 is 0 Å². The Morgan fingerprint density at radius 3 is 1.38 bits per heavy atom. The van der Waals surface area contributed by atoms with Gasteiger partial charge in [-0.25, -0.2) is 0 Å². The third-order valence-electron chi connectivity index (χ3n) is 10.6. The molecular weight excluding hydrogens is 743 g/mol. The van der Waals surface area contributed by atoms with Gasteiger partial charge in [-0.1, -0.05) is 227 Å². The minimum absolute atomic E-state index is 0.0206. The van der Waals surface area contributed by atoms with E-state index >= 15 is 0 Å². The molecule has 0 aliphatic carbocycles. The third kappa shape index (κ3) is 41.5. The highest BCUT2D eigenvalue weighted by Gasteiger charge is 2.24. The standard InChI is InChI=1S/C54H91NO5/c1-4-7-10-13-16-19-22-25-26-27-29-30-33-36-39-42-45-50(60-54(59)47-44-41-38-35-32-28-23-20-17-14-11-8-5-2)48-53(58)55-51(49-56)52(57)46-43-40-37-34-31-24-21-18-15-12-9-6-3/h8,11,14,17,20,22-23,25-30,32,35,38,50-52,56-57H,4-7,9-10,12-13,15-16,18-19,21,24,31,33-34,36-37,39-49H2,1-3H3,(H,55,58)/b11-8+,17-14+,23-20-,25-22+,27-26+,30-29+,32-28-,38-35+. The van der Waals surface area contributed by atoms with Gasteiger partial charge in [0.25, 0.3) is 0 Å². The first-order valence-corrected chi connectivity index (χ1v) is 24.6. The van der Waals surface area contributed by atoms with E-state index in [1.165, 1.54) is 89.9 Å². The summed E-state index contributed by atoms with van der Waals surface area (Å²) >= 11 is 0. The van der Waals surface area contributed by atoms with Crippen LogP contribution < -0.4 is 5.32 Å². The number of hydrogen-bond donors (Lipinski definition) is 3. The monoisotopic (exact) mass is 834 g/mol. The SMILES string of the molecule is CC/C=C/C=C/C=C\C=C/C=C/CCCC(=O)OC(CCCCC/C=C/C=C/C=C/CCCCCCC)CC(=O)NC(CO)C(O)CCCCCCCCCCCCCC. The maximum Gasteiger partial charge on any atom is 0.306 e. The van der Waals surface area contributed by atoms with Crippen LogP contribution in [0.2, 0.25) is 0 Å². The van der Waals surface area contributed by atoms with E-state index in [-0.39, 0.29) is 31.3 Å². The quantitative estimate of drug-likeness (QED) is 0.0323. The van der Waals surface area contributed by atoms with Crippen molar-refractivity contribution >= 4 is 11.9 Å². The second-order valence-electron chi connectivity index (χ2n) is 16.3. The first-order chi connectivity index (χ1) is 29.5. The normalized spacial score (nSPS) is 14.2. The molecule has 1 amide bonds. The van der Waals surface area contributed by atoms with Crippen molar-refractivity contribution in [1.29, 1.82) is 0 Å². The Hall–Kier alpha value is -3.22. The summed E-state index contributed by atoms with van der Waals surface area (Å²) in [6.07, 6.45) is 61.8. The summed E-state index contributed by atoms with van der Waals surface area (Å²) in [5.41, 5.74) is 0. The number of esters is 1. The van der Waals surface area contributed by atoms with E-state index in [0.717, 1.165) is 64.2 Å². The Morgan fingerprint density at radius 2 is 0.900 bits per heavy atom. The second-order valence-corrected chi connectivity index (χ2v) is 16.3. The van der Waals surface area contributed by atoms with E-state index < -0.39 is 18.2 Å². The lowest BCUT2D eigenvalue weighted by Gasteiger charge is -2.24. The minimum atomic E-state index is -0.814. The predicted octanol–water partition coefficient (Wildman–Crippen LogP) is 14.6. The van der Waals surface area contributed by atoms with E-state index in [4.69, 9.17) is 4.74 Å². The first-order valence-electron chi connectivity index (χ1n) is 24.6. The van der Waals surface area contributed by atoms with Crippen LogP contribution in [0.25, 0.3) is 0 Å². The van der Waals surface area contributed by atoms with Crippen molar-refractivity contribution in [3.05, 3.63) is 97.2 Å². The van der Waals surface area contributed by atoms with Crippen molar-refractivity contribution in [2.45, 2.75) is 225 Å². The summed E-state index contributed by atoms with van der Waals surface area (Å²) in [6.45, 7) is 6.28. The summed E-state index contributed by atoms with van der Waals surface area (Å²) < 4.78 is 5.86. The number of ether oxygens (including phenoxy) is 1. The van der Waals surface area contributed by atoms with Gasteiger partial charge in [0.15, 0.2) is 0 Å². The lowest BCUT2D eigenvalue weighted by atomic mass is 10.0. The molecule has 0 aromatic rings. The van der Waals surface area contributed by atoms with E-state index in [1.54, 1.807) is 0 Å². The lowest BCUT2D eigenvalue weighted by molar-refractivity contribution is -0.151. The second kappa shape index (κ2) is 46.8. The maximum atomic E-state index is 13.2. The van der Waals surface area contributed by atoms with Gasteiger partial charge in [-0.15, -0.1) is 0 Å². The molecule has 3 atom stereocenters. The van der Waals surface area contributed by atoms with Crippen LogP contribution in [0.5, 0.6) is 0 Å². The summed E-state index contributed by atoms with van der Waals surface area (Å²) in [7, 11) is 0. The Morgan fingerprint density at radius 1 is 0.500 bits per heavy atom. The zero-order chi connectivity index (χ0) is 43.8. The highest BCUT2D eigenvalue weighted by atomic mass is 16.5. The number of aliphatic hydroxyl groups is 2. The average molecular weight is 834 g/mol. The fraction of sp³-hybridized carbons (Fsp3) is 0.667. The van der Waals surface area contributed by atoms with Gasteiger partial charge >= 0.3 is 5.97 Å². The molecule has 342 valence electrons. The number of carbonyl (C=O) groups is 2. The largest absolute Gasteiger partial charge is 0.462 e. The summed E-state index contributed by atoms with van der Waals surface area (Å²) in [5.74, 6) is -0.605. The highest BCUT2D eigenvalue weighted by molar-refractivity contribution is 5.77. The fourth-order valence-electron chi connectivity index (χ4n) is 6.87. The number of carbonyl (C=O) groups excluding carboxylic acids is 2. The average Bonchev–Trinajstić information content (AvgIpc) is 3.24. The van der Waals surface area contributed by atoms with Crippen LogP contribution in [0.1, 0.15) is 207 Å². The van der Waals surface area contributed by atoms with Gasteiger partial charge < -0.3 is 20.3 Å². The zero-order valence-corrected chi connectivity index (χ0v) is 38.8. The van der Waals surface area contributed by atoms with E-state index in [9.17, 15) is 19.8 Å². The summed E-state index contributed by atoms with van der Waals surface area (Å²) in [5, 5.41) is 23.7. The predicted molar refractivity (Wildman–Crippen MR) is 259 cm³/mol. The van der Waals surface area contributed by atoms with Crippen molar-refractivity contribution < 1.29 is 24.5 Å². The minimum Gasteiger partial charge on any atom is -0.462 e. The van der Waals surface area contributed by atoms with Crippen LogP contribution in [0.15, 0.2) is 97.2 Å². The molecule has 0 saturated carbocycles. The first kappa shape index (κ1) is 56.8. The lowest BCUT2D eigenvalue weighted by Crippen LogP contribution is -2.46. The molecule has 3 N–H and O–H groups in total. The van der Waals surface area contributed by atoms with Gasteiger partial charge in [0.1, 0.15) is 6.10 Å². The van der Waals surface area contributed by atoms with Crippen LogP contribution in [0, 0.1) is 0 Å². The van der Waals surface area contributed by atoms with Crippen molar-refractivity contribution in [2.75, 3.05) is 6.61 Å². The molecule has 0 saturated heterocycles. The van der Waals surface area contributed by atoms with E-state index in [0.29, 0.717) is 19.3 Å². The van der Waals surface area contributed by atoms with Crippen molar-refractivity contribution in [3.8, 4) is 0 Å². The van der Waals surface area contributed by atoms with Crippen LogP contribution in [0.3, 0.4) is 0 Å². The Labute approximate surface area is 369 Å². The highest BCUT2D eigenvalue weighted by Crippen LogP contribution is 2.16. The molecule has 0 fully saturated rings.